The predicted octanol–water partition coefficient (Wildman–Crippen LogP) is 0.297. The fourth-order valence-electron chi connectivity index (χ4n) is 5.29. The van der Waals surface area contributed by atoms with Gasteiger partial charge in [0.15, 0.2) is 0 Å². The fourth-order valence-corrected chi connectivity index (χ4v) is 5.29. The molecule has 4 rings (SSSR count). The van der Waals surface area contributed by atoms with Crippen molar-refractivity contribution in [3.05, 3.63) is 35.7 Å². The van der Waals surface area contributed by atoms with Gasteiger partial charge in [0.2, 0.25) is 5.82 Å². The van der Waals surface area contributed by atoms with Gasteiger partial charge in [0, 0.05) is 6.42 Å². The van der Waals surface area contributed by atoms with Gasteiger partial charge in [-0.2, -0.15) is 0 Å². The molecule has 2 fully saturated rings. The number of benzene rings is 1. The van der Waals surface area contributed by atoms with Gasteiger partial charge in [-0.1, -0.05) is 25.5 Å². The smallest absolute Gasteiger partial charge is 0.209 e. The lowest BCUT2D eigenvalue weighted by Gasteiger charge is -2.38. The summed E-state index contributed by atoms with van der Waals surface area (Å²) in [5, 5.41) is 12.8. The van der Waals surface area contributed by atoms with Crippen LogP contribution < -0.4 is 14.5 Å². The topological polar surface area (TPSA) is 61.7 Å². The molecule has 0 radical (unpaired) electrons. The zero-order valence-electron chi connectivity index (χ0n) is 17.9. The lowest BCUT2D eigenvalue weighted by atomic mass is 9.93. The second-order valence-corrected chi connectivity index (χ2v) is 8.66. The van der Waals surface area contributed by atoms with E-state index in [0.717, 1.165) is 24.0 Å². The van der Waals surface area contributed by atoms with Crippen molar-refractivity contribution in [2.45, 2.75) is 64.1 Å². The largest absolute Gasteiger partial charge is 0.497 e. The zero-order valence-corrected chi connectivity index (χ0v) is 17.9. The molecule has 1 aliphatic heterocycles. The molecule has 29 heavy (non-hydrogen) atoms. The van der Waals surface area contributed by atoms with E-state index in [9.17, 15) is 0 Å². The summed E-state index contributed by atoms with van der Waals surface area (Å²) in [5.41, 5.74) is 1.19. The minimum Gasteiger partial charge on any atom is -0.497 e. The molecule has 2 heterocycles. The van der Waals surface area contributed by atoms with Crippen LogP contribution in [0.1, 0.15) is 62.9 Å². The van der Waals surface area contributed by atoms with Crippen molar-refractivity contribution in [3.8, 4) is 5.75 Å². The maximum atomic E-state index is 5.26. The summed E-state index contributed by atoms with van der Waals surface area (Å²) in [5.74, 6) is 1.90. The van der Waals surface area contributed by atoms with Gasteiger partial charge >= 0.3 is 0 Å². The van der Waals surface area contributed by atoms with Gasteiger partial charge in [-0.15, -0.1) is 5.10 Å². The van der Waals surface area contributed by atoms with Crippen molar-refractivity contribution in [3.63, 3.8) is 0 Å². The molecule has 2 N–H and O–H groups in total. The summed E-state index contributed by atoms with van der Waals surface area (Å²) in [6.45, 7) is 7.99. The van der Waals surface area contributed by atoms with Gasteiger partial charge in [0.05, 0.1) is 19.7 Å². The molecule has 2 aliphatic rings. The van der Waals surface area contributed by atoms with E-state index >= 15 is 0 Å². The molecule has 1 atom stereocenters. The molecule has 158 valence electrons. The maximum absolute atomic E-state index is 5.26. The van der Waals surface area contributed by atoms with E-state index in [4.69, 9.17) is 4.74 Å². The van der Waals surface area contributed by atoms with E-state index in [-0.39, 0.29) is 0 Å². The number of ether oxygens (including phenoxy) is 1. The lowest BCUT2D eigenvalue weighted by Crippen LogP contribution is -3.29. The third-order valence-corrected chi connectivity index (χ3v) is 6.98. The van der Waals surface area contributed by atoms with Crippen LogP contribution in [0.5, 0.6) is 5.75 Å². The highest BCUT2D eigenvalue weighted by molar-refractivity contribution is 5.27. The molecule has 1 aromatic heterocycles. The van der Waals surface area contributed by atoms with E-state index in [1.807, 2.05) is 21.7 Å². The summed E-state index contributed by atoms with van der Waals surface area (Å²) >= 11 is 0. The number of hydrogen-bond acceptors (Lipinski definition) is 4. The van der Waals surface area contributed by atoms with Crippen molar-refractivity contribution in [1.82, 2.24) is 20.2 Å². The summed E-state index contributed by atoms with van der Waals surface area (Å²) < 4.78 is 7.25. The Morgan fingerprint density at radius 2 is 1.79 bits per heavy atom. The van der Waals surface area contributed by atoms with Crippen molar-refractivity contribution in [1.29, 1.82) is 0 Å². The molecule has 1 aromatic carbocycles. The van der Waals surface area contributed by atoms with Gasteiger partial charge in [0.1, 0.15) is 38.0 Å². The second kappa shape index (κ2) is 9.67. The number of tetrazole rings is 1. The highest BCUT2D eigenvalue weighted by Gasteiger charge is 2.35. The fraction of sp³-hybridized carbons (Fsp3) is 0.682. The number of quaternary nitrogens is 2. The van der Waals surface area contributed by atoms with Crippen LogP contribution in [-0.4, -0.2) is 59.5 Å². The van der Waals surface area contributed by atoms with Gasteiger partial charge in [-0.05, 0) is 53.8 Å². The molecule has 1 aliphatic carbocycles. The quantitative estimate of drug-likeness (QED) is 0.702. The van der Waals surface area contributed by atoms with E-state index in [1.54, 1.807) is 12.0 Å². The summed E-state index contributed by atoms with van der Waals surface area (Å²) in [6, 6.07) is 9.45. The van der Waals surface area contributed by atoms with Crippen LogP contribution in [0.15, 0.2) is 24.3 Å². The van der Waals surface area contributed by atoms with E-state index < -0.39 is 0 Å². The number of nitrogens with one attached hydrogen (secondary N) is 2. The van der Waals surface area contributed by atoms with E-state index in [0.29, 0.717) is 12.6 Å². The van der Waals surface area contributed by atoms with Gasteiger partial charge in [-0.3, -0.25) is 0 Å². The Morgan fingerprint density at radius 3 is 2.45 bits per heavy atom. The molecule has 1 saturated carbocycles. The van der Waals surface area contributed by atoms with Crippen LogP contribution in [0.2, 0.25) is 0 Å². The van der Waals surface area contributed by atoms with Crippen molar-refractivity contribution >= 4 is 0 Å². The third kappa shape index (κ3) is 4.78. The molecule has 7 nitrogen and oxygen atoms in total. The van der Waals surface area contributed by atoms with E-state index in [1.165, 1.54) is 63.8 Å². The van der Waals surface area contributed by atoms with Gasteiger partial charge in [-0.25, -0.2) is 4.68 Å². The van der Waals surface area contributed by atoms with Crippen molar-refractivity contribution < 1.29 is 14.5 Å². The highest BCUT2D eigenvalue weighted by Crippen LogP contribution is 2.16. The minimum absolute atomic E-state index is 0.371. The molecular formula is C22H36N6O+2. The van der Waals surface area contributed by atoms with Crippen LogP contribution >= 0.6 is 0 Å². The Balaban J connectivity index is 1.40. The molecule has 0 unspecified atom stereocenters. The number of aromatic nitrogens is 4. The Morgan fingerprint density at radius 1 is 1.07 bits per heavy atom. The minimum atomic E-state index is 0.371. The number of rotatable bonds is 7. The normalized spacial score (nSPS) is 24.3. The SMILES string of the molecule is CC[C@H](c1nnnn1Cc1ccc(OC)cc1)[NH+]1CC[NH+](C2CCCCC2)CC1. The molecule has 0 amide bonds. The third-order valence-electron chi connectivity index (χ3n) is 6.98. The molecular weight excluding hydrogens is 364 g/mol. The first kappa shape index (κ1) is 20.3. The molecule has 1 saturated heterocycles. The number of hydrogen-bond donors (Lipinski definition) is 2. The molecule has 2 aromatic rings. The number of methoxy groups -OCH3 is 1. The lowest BCUT2D eigenvalue weighted by molar-refractivity contribution is -1.04. The molecule has 7 heteroatoms. The first-order chi connectivity index (χ1) is 14.3. The first-order valence-electron chi connectivity index (χ1n) is 11.4. The van der Waals surface area contributed by atoms with Crippen LogP contribution in [-0.2, 0) is 6.54 Å². The maximum Gasteiger partial charge on any atom is 0.209 e. The standard InChI is InChI=1S/C22H34N6O/c1-3-21(27-15-13-26(14-16-27)19-7-5-4-6-8-19)22-23-24-25-28(22)17-18-9-11-20(29-2)12-10-18/h9-12,19,21H,3-8,13-17H2,1-2H3/p+2/t21-/m1/s1. The van der Waals surface area contributed by atoms with Crippen LogP contribution in [0.4, 0.5) is 0 Å². The Hall–Kier alpha value is -1.99. The first-order valence-corrected chi connectivity index (χ1v) is 11.4. The second-order valence-electron chi connectivity index (χ2n) is 8.66. The Labute approximate surface area is 174 Å². The molecule has 0 bridgehead atoms. The number of piperazine rings is 1. The van der Waals surface area contributed by atoms with Crippen LogP contribution in [0.25, 0.3) is 0 Å². The Kier molecular flexibility index (Phi) is 6.77. The van der Waals surface area contributed by atoms with E-state index in [2.05, 4.69) is 34.6 Å². The van der Waals surface area contributed by atoms with Crippen LogP contribution in [0, 0.1) is 0 Å². The Bertz CT molecular complexity index is 747. The zero-order chi connectivity index (χ0) is 20.1. The highest BCUT2D eigenvalue weighted by atomic mass is 16.5. The average Bonchev–Trinajstić information content (AvgIpc) is 3.24. The monoisotopic (exact) mass is 400 g/mol. The predicted molar refractivity (Wildman–Crippen MR) is 111 cm³/mol. The molecule has 0 spiro atoms. The number of nitrogens with zero attached hydrogens (tertiary/aromatic N) is 4. The van der Waals surface area contributed by atoms with Crippen molar-refractivity contribution in [2.24, 2.45) is 0 Å². The van der Waals surface area contributed by atoms with Crippen LogP contribution in [0.3, 0.4) is 0 Å². The van der Waals surface area contributed by atoms with Crippen molar-refractivity contribution in [2.75, 3.05) is 33.3 Å². The summed E-state index contributed by atoms with van der Waals surface area (Å²) in [4.78, 5) is 3.50. The average molecular weight is 401 g/mol. The van der Waals surface area contributed by atoms with Gasteiger partial charge in [0.25, 0.3) is 0 Å². The summed E-state index contributed by atoms with van der Waals surface area (Å²) in [7, 11) is 1.69. The summed E-state index contributed by atoms with van der Waals surface area (Å²) in [6.07, 6.45) is 8.24. The van der Waals surface area contributed by atoms with Gasteiger partial charge < -0.3 is 14.5 Å².